The minimum atomic E-state index is -0.112. The summed E-state index contributed by atoms with van der Waals surface area (Å²) >= 11 is 0. The summed E-state index contributed by atoms with van der Waals surface area (Å²) in [4.78, 5) is 2.25. The number of nitrogens with two attached hydrogens (primary N) is 1. The van der Waals surface area contributed by atoms with Gasteiger partial charge in [0.1, 0.15) is 5.75 Å². The zero-order valence-electron chi connectivity index (χ0n) is 12.9. The van der Waals surface area contributed by atoms with E-state index in [4.69, 9.17) is 10.5 Å². The molecule has 0 aliphatic carbocycles. The van der Waals surface area contributed by atoms with Gasteiger partial charge in [-0.15, -0.1) is 0 Å². The van der Waals surface area contributed by atoms with Gasteiger partial charge in [-0.2, -0.15) is 0 Å². The van der Waals surface area contributed by atoms with Crippen molar-refractivity contribution in [2.75, 3.05) is 20.7 Å². The van der Waals surface area contributed by atoms with Crippen LogP contribution in [-0.4, -0.2) is 31.1 Å². The third-order valence-electron chi connectivity index (χ3n) is 3.26. The monoisotopic (exact) mass is 264 g/mol. The summed E-state index contributed by atoms with van der Waals surface area (Å²) in [6.07, 6.45) is 2.06. The summed E-state index contributed by atoms with van der Waals surface area (Å²) in [5.41, 5.74) is 7.29. The van der Waals surface area contributed by atoms with Crippen molar-refractivity contribution in [3.8, 4) is 5.75 Å². The van der Waals surface area contributed by atoms with E-state index in [-0.39, 0.29) is 5.54 Å². The molecule has 1 rings (SSSR count). The van der Waals surface area contributed by atoms with Crippen molar-refractivity contribution in [1.82, 2.24) is 4.90 Å². The first-order valence-corrected chi connectivity index (χ1v) is 7.01. The quantitative estimate of drug-likeness (QED) is 0.822. The van der Waals surface area contributed by atoms with E-state index in [1.807, 2.05) is 19.1 Å². The molecule has 0 amide bonds. The Morgan fingerprint density at radius 1 is 1.21 bits per heavy atom. The van der Waals surface area contributed by atoms with Crippen LogP contribution >= 0.6 is 0 Å². The molecular formula is C16H28N2O. The number of nitrogens with zero attached hydrogens (tertiary/aromatic N) is 1. The molecule has 2 N–H and O–H groups in total. The Hall–Kier alpha value is -1.06. The van der Waals surface area contributed by atoms with Crippen LogP contribution in [0.15, 0.2) is 24.3 Å². The maximum absolute atomic E-state index is 6.09. The van der Waals surface area contributed by atoms with Crippen LogP contribution in [0.4, 0.5) is 0 Å². The first-order valence-electron chi connectivity index (χ1n) is 7.01. The van der Waals surface area contributed by atoms with Gasteiger partial charge >= 0.3 is 0 Å². The normalized spacial score (nSPS) is 13.6. The van der Waals surface area contributed by atoms with Gasteiger partial charge in [0.2, 0.25) is 0 Å². The van der Waals surface area contributed by atoms with E-state index in [1.54, 1.807) is 0 Å². The Balaban J connectivity index is 2.75. The van der Waals surface area contributed by atoms with Crippen LogP contribution in [0.25, 0.3) is 0 Å². The van der Waals surface area contributed by atoms with Crippen LogP contribution in [-0.2, 0) is 0 Å². The topological polar surface area (TPSA) is 38.5 Å². The zero-order valence-corrected chi connectivity index (χ0v) is 12.9. The van der Waals surface area contributed by atoms with Gasteiger partial charge in [0.25, 0.3) is 0 Å². The summed E-state index contributed by atoms with van der Waals surface area (Å²) in [5.74, 6) is 0.933. The fourth-order valence-corrected chi connectivity index (χ4v) is 2.18. The van der Waals surface area contributed by atoms with E-state index >= 15 is 0 Å². The molecule has 0 aliphatic heterocycles. The van der Waals surface area contributed by atoms with Crippen LogP contribution < -0.4 is 10.5 Å². The van der Waals surface area contributed by atoms with Crippen LogP contribution in [0.2, 0.25) is 0 Å². The molecule has 3 heteroatoms. The van der Waals surface area contributed by atoms with Crippen molar-refractivity contribution in [1.29, 1.82) is 0 Å². The lowest BCUT2D eigenvalue weighted by atomic mass is 9.93. The van der Waals surface area contributed by atoms with Crippen molar-refractivity contribution in [2.45, 2.75) is 45.2 Å². The van der Waals surface area contributed by atoms with Crippen LogP contribution in [0.5, 0.6) is 5.75 Å². The Kier molecular flexibility index (Phi) is 5.83. The predicted molar refractivity (Wildman–Crippen MR) is 81.5 cm³/mol. The van der Waals surface area contributed by atoms with Crippen molar-refractivity contribution in [3.05, 3.63) is 29.8 Å². The van der Waals surface area contributed by atoms with Gasteiger partial charge in [0.05, 0.1) is 6.61 Å². The Labute approximate surface area is 117 Å². The van der Waals surface area contributed by atoms with Crippen molar-refractivity contribution < 1.29 is 4.74 Å². The van der Waals surface area contributed by atoms with E-state index in [2.05, 4.69) is 45.0 Å². The highest BCUT2D eigenvalue weighted by Gasteiger charge is 2.18. The van der Waals surface area contributed by atoms with E-state index in [0.29, 0.717) is 12.6 Å². The smallest absolute Gasteiger partial charge is 0.119 e. The molecule has 0 saturated heterocycles. The average molecular weight is 264 g/mol. The molecule has 3 nitrogen and oxygen atoms in total. The molecule has 1 aromatic carbocycles. The van der Waals surface area contributed by atoms with Gasteiger partial charge in [-0.1, -0.05) is 12.1 Å². The standard InChI is InChI=1S/C16H28N2O/c1-6-19-14-9-7-13(8-10-14)15(18(4)5)11-12-16(2,3)17/h7-10,15H,6,11-12,17H2,1-5H3. The van der Waals surface area contributed by atoms with Crippen molar-refractivity contribution >= 4 is 0 Å². The Morgan fingerprint density at radius 3 is 2.21 bits per heavy atom. The minimum Gasteiger partial charge on any atom is -0.494 e. The van der Waals surface area contributed by atoms with E-state index < -0.39 is 0 Å². The highest BCUT2D eigenvalue weighted by Crippen LogP contribution is 2.27. The SMILES string of the molecule is CCOc1ccc(C(CCC(C)(C)N)N(C)C)cc1. The third-order valence-corrected chi connectivity index (χ3v) is 3.26. The molecule has 0 heterocycles. The van der Waals surface area contributed by atoms with E-state index in [1.165, 1.54) is 5.56 Å². The number of hydrogen-bond donors (Lipinski definition) is 1. The van der Waals surface area contributed by atoms with Gasteiger partial charge in [-0.05, 0) is 65.4 Å². The summed E-state index contributed by atoms with van der Waals surface area (Å²) in [6, 6.07) is 8.79. The lowest BCUT2D eigenvalue weighted by molar-refractivity contribution is 0.261. The highest BCUT2D eigenvalue weighted by atomic mass is 16.5. The van der Waals surface area contributed by atoms with Gasteiger partial charge < -0.3 is 15.4 Å². The first kappa shape index (κ1) is 16.0. The molecule has 1 atom stereocenters. The van der Waals surface area contributed by atoms with E-state index in [9.17, 15) is 0 Å². The van der Waals surface area contributed by atoms with Crippen molar-refractivity contribution in [2.24, 2.45) is 5.73 Å². The molecule has 0 fully saturated rings. The number of ether oxygens (including phenoxy) is 1. The maximum Gasteiger partial charge on any atom is 0.119 e. The van der Waals surface area contributed by atoms with Crippen LogP contribution in [0, 0.1) is 0 Å². The zero-order chi connectivity index (χ0) is 14.5. The summed E-state index contributed by atoms with van der Waals surface area (Å²) in [5, 5.41) is 0. The van der Waals surface area contributed by atoms with Gasteiger partial charge in [0.15, 0.2) is 0 Å². The molecule has 108 valence electrons. The third kappa shape index (κ3) is 5.62. The Bertz CT molecular complexity index is 365. The second-order valence-corrected chi connectivity index (χ2v) is 6.01. The molecule has 0 radical (unpaired) electrons. The summed E-state index contributed by atoms with van der Waals surface area (Å²) in [7, 11) is 4.23. The largest absolute Gasteiger partial charge is 0.494 e. The number of rotatable bonds is 7. The molecule has 0 saturated carbocycles. The molecular weight excluding hydrogens is 236 g/mol. The molecule has 0 aliphatic rings. The Morgan fingerprint density at radius 2 is 1.79 bits per heavy atom. The fraction of sp³-hybridized carbons (Fsp3) is 0.625. The number of hydrogen-bond acceptors (Lipinski definition) is 3. The molecule has 1 aromatic rings. The molecule has 1 unspecified atom stereocenters. The molecule has 0 aromatic heterocycles. The lowest BCUT2D eigenvalue weighted by Crippen LogP contribution is -2.33. The lowest BCUT2D eigenvalue weighted by Gasteiger charge is -2.28. The van der Waals surface area contributed by atoms with Gasteiger partial charge in [0, 0.05) is 11.6 Å². The number of benzene rings is 1. The second kappa shape index (κ2) is 6.92. The van der Waals surface area contributed by atoms with Crippen LogP contribution in [0.3, 0.4) is 0 Å². The molecule has 0 bridgehead atoms. The minimum absolute atomic E-state index is 0.112. The van der Waals surface area contributed by atoms with Gasteiger partial charge in [-0.3, -0.25) is 0 Å². The highest BCUT2D eigenvalue weighted by molar-refractivity contribution is 5.29. The second-order valence-electron chi connectivity index (χ2n) is 6.01. The molecule has 0 spiro atoms. The van der Waals surface area contributed by atoms with Crippen LogP contribution in [0.1, 0.15) is 45.2 Å². The van der Waals surface area contributed by atoms with Gasteiger partial charge in [-0.25, -0.2) is 0 Å². The fourth-order valence-electron chi connectivity index (χ4n) is 2.18. The predicted octanol–water partition coefficient (Wildman–Crippen LogP) is 3.21. The van der Waals surface area contributed by atoms with E-state index in [0.717, 1.165) is 18.6 Å². The summed E-state index contributed by atoms with van der Waals surface area (Å²) < 4.78 is 5.48. The maximum atomic E-state index is 6.09. The average Bonchev–Trinajstić information content (AvgIpc) is 2.30. The molecule has 19 heavy (non-hydrogen) atoms. The summed E-state index contributed by atoms with van der Waals surface area (Å²) in [6.45, 7) is 6.87. The first-order chi connectivity index (χ1) is 8.83. The van der Waals surface area contributed by atoms with Crippen molar-refractivity contribution in [3.63, 3.8) is 0 Å².